The summed E-state index contributed by atoms with van der Waals surface area (Å²) in [4.78, 5) is 25.1. The predicted octanol–water partition coefficient (Wildman–Crippen LogP) is 4.22. The topological polar surface area (TPSA) is 58.6 Å². The Hall–Kier alpha value is -3.41. The highest BCUT2D eigenvalue weighted by molar-refractivity contribution is 6.10. The monoisotopic (exact) mass is 350 g/mol. The summed E-state index contributed by atoms with van der Waals surface area (Å²) in [6.45, 7) is 0.318. The molecule has 0 bridgehead atoms. The number of hydrogen-bond acceptors (Lipinski definition) is 3. The lowest BCUT2D eigenvalue weighted by Crippen LogP contribution is -2.49. The third-order valence-corrected chi connectivity index (χ3v) is 4.23. The van der Waals surface area contributed by atoms with Gasteiger partial charge >= 0.3 is 6.03 Å². The summed E-state index contributed by atoms with van der Waals surface area (Å²) < 4.78 is 19.3. The Morgan fingerprint density at radius 1 is 0.962 bits per heavy atom. The normalized spacial score (nSPS) is 14.4. The summed E-state index contributed by atoms with van der Waals surface area (Å²) in [7, 11) is 0. The van der Waals surface area contributed by atoms with E-state index < -0.39 is 6.03 Å². The molecule has 3 amide bonds. The average molecular weight is 350 g/mol. The molecule has 1 fully saturated rings. The van der Waals surface area contributed by atoms with Gasteiger partial charge in [-0.2, -0.15) is 0 Å². The van der Waals surface area contributed by atoms with Crippen molar-refractivity contribution >= 4 is 28.4 Å². The van der Waals surface area contributed by atoms with Gasteiger partial charge in [-0.1, -0.05) is 30.3 Å². The fourth-order valence-electron chi connectivity index (χ4n) is 3.03. The van der Waals surface area contributed by atoms with Crippen molar-refractivity contribution in [3.63, 3.8) is 0 Å². The van der Waals surface area contributed by atoms with Crippen molar-refractivity contribution in [2.75, 3.05) is 11.4 Å². The average Bonchev–Trinajstić information content (AvgIpc) is 2.63. The zero-order chi connectivity index (χ0) is 18.1. The standard InChI is InChI=1S/C20H15FN2O3/c21-13-4-3-5-14(12-13)26-18-9-8-17(15-6-1-2-7-16(15)18)23-11-10-19(24)22-20(23)25/h1-9,12H,10-11H2,(H,22,24,25). The fraction of sp³-hybridized carbons (Fsp3) is 0.100. The Kier molecular flexibility index (Phi) is 4.01. The Morgan fingerprint density at radius 3 is 2.54 bits per heavy atom. The number of nitrogens with zero attached hydrogens (tertiary/aromatic N) is 1. The minimum absolute atomic E-state index is 0.252. The number of benzene rings is 3. The molecule has 6 heteroatoms. The first-order chi connectivity index (χ1) is 12.6. The van der Waals surface area contributed by atoms with Crippen molar-refractivity contribution in [3.8, 4) is 11.5 Å². The summed E-state index contributed by atoms with van der Waals surface area (Å²) in [6, 6.07) is 16.5. The minimum Gasteiger partial charge on any atom is -0.457 e. The van der Waals surface area contributed by atoms with E-state index >= 15 is 0 Å². The molecule has 0 saturated carbocycles. The van der Waals surface area contributed by atoms with Crippen molar-refractivity contribution in [2.24, 2.45) is 0 Å². The van der Waals surface area contributed by atoms with Crippen LogP contribution in [0.1, 0.15) is 6.42 Å². The van der Waals surface area contributed by atoms with E-state index in [0.29, 0.717) is 23.7 Å². The van der Waals surface area contributed by atoms with Gasteiger partial charge in [0, 0.05) is 29.8 Å². The van der Waals surface area contributed by atoms with Gasteiger partial charge in [-0.05, 0) is 24.3 Å². The number of nitrogens with one attached hydrogen (secondary N) is 1. The fourth-order valence-corrected chi connectivity index (χ4v) is 3.03. The van der Waals surface area contributed by atoms with Crippen molar-refractivity contribution < 1.29 is 18.7 Å². The van der Waals surface area contributed by atoms with E-state index in [2.05, 4.69) is 5.32 Å². The number of halogens is 1. The predicted molar refractivity (Wildman–Crippen MR) is 95.9 cm³/mol. The van der Waals surface area contributed by atoms with E-state index in [-0.39, 0.29) is 18.1 Å². The molecule has 0 atom stereocenters. The van der Waals surface area contributed by atoms with Gasteiger partial charge in [-0.15, -0.1) is 0 Å². The van der Waals surface area contributed by atoms with Crippen LogP contribution in [0.25, 0.3) is 10.8 Å². The number of ether oxygens (including phenoxy) is 1. The van der Waals surface area contributed by atoms with Gasteiger partial charge in [0.15, 0.2) is 0 Å². The molecule has 1 aliphatic heterocycles. The number of urea groups is 1. The van der Waals surface area contributed by atoms with Crippen LogP contribution in [-0.4, -0.2) is 18.5 Å². The summed E-state index contributed by atoms with van der Waals surface area (Å²) in [5.74, 6) is 0.298. The molecule has 0 spiro atoms. The van der Waals surface area contributed by atoms with E-state index in [9.17, 15) is 14.0 Å². The lowest BCUT2D eigenvalue weighted by atomic mass is 10.1. The first-order valence-electron chi connectivity index (χ1n) is 8.18. The third-order valence-electron chi connectivity index (χ3n) is 4.23. The van der Waals surface area contributed by atoms with Gasteiger partial charge in [0.2, 0.25) is 5.91 Å². The molecular weight excluding hydrogens is 335 g/mol. The van der Waals surface area contributed by atoms with Gasteiger partial charge in [-0.3, -0.25) is 15.0 Å². The number of rotatable bonds is 3. The molecule has 3 aromatic carbocycles. The summed E-state index contributed by atoms with van der Waals surface area (Å²) in [6.07, 6.45) is 0.252. The highest BCUT2D eigenvalue weighted by atomic mass is 19.1. The van der Waals surface area contributed by atoms with Crippen LogP contribution in [0.15, 0.2) is 60.7 Å². The van der Waals surface area contributed by atoms with Gasteiger partial charge < -0.3 is 4.74 Å². The number of carbonyl (C=O) groups excluding carboxylic acids is 2. The van der Waals surface area contributed by atoms with Crippen LogP contribution in [0.4, 0.5) is 14.9 Å². The van der Waals surface area contributed by atoms with Crippen LogP contribution in [-0.2, 0) is 4.79 Å². The smallest absolute Gasteiger partial charge is 0.328 e. The molecule has 0 radical (unpaired) electrons. The quantitative estimate of drug-likeness (QED) is 0.769. The van der Waals surface area contributed by atoms with E-state index in [1.54, 1.807) is 24.3 Å². The first-order valence-corrected chi connectivity index (χ1v) is 8.18. The van der Waals surface area contributed by atoms with E-state index in [4.69, 9.17) is 4.74 Å². The zero-order valence-corrected chi connectivity index (χ0v) is 13.7. The minimum atomic E-state index is -0.440. The number of anilines is 1. The van der Waals surface area contributed by atoms with Crippen molar-refractivity contribution in [2.45, 2.75) is 6.42 Å². The molecule has 0 aliphatic carbocycles. The SMILES string of the molecule is O=C1CCN(c2ccc(Oc3cccc(F)c3)c3ccccc23)C(=O)N1. The molecule has 1 aliphatic rings. The second kappa shape index (κ2) is 6.48. The van der Waals surface area contributed by atoms with Gasteiger partial charge in [0.25, 0.3) is 0 Å². The summed E-state index contributed by atoms with van der Waals surface area (Å²) >= 11 is 0. The zero-order valence-electron chi connectivity index (χ0n) is 13.7. The second-order valence-corrected chi connectivity index (χ2v) is 5.94. The molecule has 5 nitrogen and oxygen atoms in total. The van der Waals surface area contributed by atoms with Gasteiger partial charge in [0.1, 0.15) is 17.3 Å². The summed E-state index contributed by atoms with van der Waals surface area (Å²) in [5.41, 5.74) is 0.692. The Bertz CT molecular complexity index is 1020. The molecular formula is C20H15FN2O3. The van der Waals surface area contributed by atoms with Crippen molar-refractivity contribution in [3.05, 3.63) is 66.5 Å². The highest BCUT2D eigenvalue weighted by Gasteiger charge is 2.25. The Morgan fingerprint density at radius 2 is 1.77 bits per heavy atom. The number of fused-ring (bicyclic) bond motifs is 1. The molecule has 1 N–H and O–H groups in total. The number of carbonyl (C=O) groups is 2. The third kappa shape index (κ3) is 2.97. The van der Waals surface area contributed by atoms with Crippen molar-refractivity contribution in [1.29, 1.82) is 0 Å². The molecule has 0 unspecified atom stereocenters. The molecule has 0 aromatic heterocycles. The molecule has 4 rings (SSSR count). The number of amides is 3. The largest absolute Gasteiger partial charge is 0.457 e. The van der Waals surface area contributed by atoms with E-state index in [1.807, 2.05) is 24.3 Å². The van der Waals surface area contributed by atoms with Crippen LogP contribution in [0.2, 0.25) is 0 Å². The van der Waals surface area contributed by atoms with Gasteiger partial charge in [0.05, 0.1) is 5.69 Å². The molecule has 3 aromatic rings. The number of imide groups is 1. The summed E-state index contributed by atoms with van der Waals surface area (Å²) in [5, 5.41) is 3.93. The maximum absolute atomic E-state index is 13.4. The lowest BCUT2D eigenvalue weighted by molar-refractivity contribution is -0.120. The number of hydrogen-bond donors (Lipinski definition) is 1. The first kappa shape index (κ1) is 16.1. The molecule has 1 heterocycles. The molecule has 130 valence electrons. The lowest BCUT2D eigenvalue weighted by Gasteiger charge is -2.28. The highest BCUT2D eigenvalue weighted by Crippen LogP contribution is 2.36. The van der Waals surface area contributed by atoms with E-state index in [0.717, 1.165) is 10.8 Å². The van der Waals surface area contributed by atoms with Crippen LogP contribution in [0.3, 0.4) is 0 Å². The van der Waals surface area contributed by atoms with Crippen LogP contribution >= 0.6 is 0 Å². The Labute approximate surface area is 149 Å². The van der Waals surface area contributed by atoms with Gasteiger partial charge in [-0.25, -0.2) is 9.18 Å². The van der Waals surface area contributed by atoms with Crippen LogP contribution in [0, 0.1) is 5.82 Å². The Balaban J connectivity index is 1.76. The maximum Gasteiger partial charge on any atom is 0.328 e. The maximum atomic E-state index is 13.4. The van der Waals surface area contributed by atoms with Crippen LogP contribution in [0.5, 0.6) is 11.5 Å². The van der Waals surface area contributed by atoms with Crippen molar-refractivity contribution in [1.82, 2.24) is 5.32 Å². The van der Waals surface area contributed by atoms with E-state index in [1.165, 1.54) is 17.0 Å². The second-order valence-electron chi connectivity index (χ2n) is 5.94. The molecule has 26 heavy (non-hydrogen) atoms. The molecule has 1 saturated heterocycles. The van der Waals surface area contributed by atoms with Crippen LogP contribution < -0.4 is 15.0 Å².